The smallest absolute Gasteiger partial charge is 0.0376 e. The van der Waals surface area contributed by atoms with Crippen LogP contribution >= 0.6 is 15.9 Å². The van der Waals surface area contributed by atoms with E-state index in [1.54, 1.807) is 0 Å². The zero-order chi connectivity index (χ0) is 10.7. The molecule has 0 fully saturated rings. The highest BCUT2D eigenvalue weighted by atomic mass is 79.9. The monoisotopic (exact) mass is 265 g/mol. The largest absolute Gasteiger partial charge is 0.388 e. The highest BCUT2D eigenvalue weighted by molar-refractivity contribution is 9.10. The lowest BCUT2D eigenvalue weighted by atomic mass is 9.88. The number of benzene rings is 1. The van der Waals surface area contributed by atoms with Gasteiger partial charge in [-0.3, -0.25) is 0 Å². The molecule has 0 bridgehead atoms. The number of nitrogens with one attached hydrogen (secondary N) is 1. The standard InChI is InChI=1S/C13H16BrN/c1-15-13-8-7-11(14)9-12(13)10-5-3-2-4-6-10/h3,5,7-10,15H,2,4,6H2,1H3. The van der Waals surface area contributed by atoms with Crippen LogP contribution in [0.2, 0.25) is 0 Å². The molecule has 0 radical (unpaired) electrons. The van der Waals surface area contributed by atoms with Gasteiger partial charge in [0.25, 0.3) is 0 Å². The molecule has 2 heteroatoms. The average molecular weight is 266 g/mol. The molecular weight excluding hydrogens is 250 g/mol. The fourth-order valence-corrected chi connectivity index (χ4v) is 2.52. The molecule has 0 aromatic heterocycles. The molecule has 1 unspecified atom stereocenters. The number of hydrogen-bond acceptors (Lipinski definition) is 1. The SMILES string of the molecule is CNc1ccc(Br)cc1C1C=CCCC1. The zero-order valence-corrected chi connectivity index (χ0v) is 10.5. The van der Waals surface area contributed by atoms with Crippen LogP contribution in [0.15, 0.2) is 34.8 Å². The van der Waals surface area contributed by atoms with E-state index in [-0.39, 0.29) is 0 Å². The molecule has 1 aromatic rings. The first-order valence-electron chi connectivity index (χ1n) is 5.45. The van der Waals surface area contributed by atoms with Gasteiger partial charge in [-0.25, -0.2) is 0 Å². The number of allylic oxidation sites excluding steroid dienone is 2. The Balaban J connectivity index is 2.35. The third-order valence-electron chi connectivity index (χ3n) is 2.94. The third kappa shape index (κ3) is 2.43. The van der Waals surface area contributed by atoms with Crippen molar-refractivity contribution >= 4 is 21.6 Å². The predicted octanol–water partition coefficient (Wildman–Crippen LogP) is 4.31. The summed E-state index contributed by atoms with van der Waals surface area (Å²) < 4.78 is 1.16. The molecule has 1 aliphatic rings. The van der Waals surface area contributed by atoms with E-state index in [4.69, 9.17) is 0 Å². The zero-order valence-electron chi connectivity index (χ0n) is 8.96. The first-order valence-corrected chi connectivity index (χ1v) is 6.24. The van der Waals surface area contributed by atoms with E-state index in [9.17, 15) is 0 Å². The van der Waals surface area contributed by atoms with Crippen molar-refractivity contribution < 1.29 is 0 Å². The van der Waals surface area contributed by atoms with Crippen molar-refractivity contribution in [2.75, 3.05) is 12.4 Å². The highest BCUT2D eigenvalue weighted by Crippen LogP contribution is 2.34. The number of halogens is 1. The fourth-order valence-electron chi connectivity index (χ4n) is 2.14. The van der Waals surface area contributed by atoms with Crippen molar-refractivity contribution in [1.29, 1.82) is 0 Å². The molecule has 80 valence electrons. The Kier molecular flexibility index (Phi) is 3.47. The van der Waals surface area contributed by atoms with Crippen molar-refractivity contribution in [2.24, 2.45) is 0 Å². The summed E-state index contributed by atoms with van der Waals surface area (Å²) in [4.78, 5) is 0. The van der Waals surface area contributed by atoms with Crippen molar-refractivity contribution in [2.45, 2.75) is 25.2 Å². The van der Waals surface area contributed by atoms with E-state index < -0.39 is 0 Å². The maximum Gasteiger partial charge on any atom is 0.0376 e. The maximum atomic E-state index is 3.54. The molecule has 0 saturated carbocycles. The molecule has 1 nitrogen and oxygen atoms in total. The van der Waals surface area contributed by atoms with Gasteiger partial charge in [0.05, 0.1) is 0 Å². The molecule has 1 aromatic carbocycles. The van der Waals surface area contributed by atoms with E-state index >= 15 is 0 Å². The van der Waals surface area contributed by atoms with E-state index in [1.807, 2.05) is 7.05 Å². The lowest BCUT2D eigenvalue weighted by Crippen LogP contribution is -2.03. The van der Waals surface area contributed by atoms with E-state index in [2.05, 4.69) is 51.6 Å². The Morgan fingerprint density at radius 3 is 2.93 bits per heavy atom. The second kappa shape index (κ2) is 4.84. The van der Waals surface area contributed by atoms with Gasteiger partial charge in [-0.05, 0) is 43.0 Å². The van der Waals surface area contributed by atoms with Crippen LogP contribution in [0.25, 0.3) is 0 Å². The molecule has 15 heavy (non-hydrogen) atoms. The number of anilines is 1. The fraction of sp³-hybridized carbons (Fsp3) is 0.385. The summed E-state index contributed by atoms with van der Waals surface area (Å²) in [5.41, 5.74) is 2.65. The van der Waals surface area contributed by atoms with Gasteiger partial charge in [0.15, 0.2) is 0 Å². The first-order chi connectivity index (χ1) is 7.31. The summed E-state index contributed by atoms with van der Waals surface area (Å²) >= 11 is 3.54. The Hall–Kier alpha value is -0.760. The Bertz CT molecular complexity index is 371. The molecule has 0 spiro atoms. The van der Waals surface area contributed by atoms with Crippen LogP contribution in [0.3, 0.4) is 0 Å². The average Bonchev–Trinajstić information content (AvgIpc) is 2.30. The van der Waals surface area contributed by atoms with Crippen LogP contribution in [-0.2, 0) is 0 Å². The third-order valence-corrected chi connectivity index (χ3v) is 3.43. The maximum absolute atomic E-state index is 3.54. The Labute approximate surface area is 99.7 Å². The summed E-state index contributed by atoms with van der Waals surface area (Å²) in [5, 5.41) is 3.27. The van der Waals surface area contributed by atoms with Crippen LogP contribution in [0.5, 0.6) is 0 Å². The quantitative estimate of drug-likeness (QED) is 0.786. The Morgan fingerprint density at radius 1 is 1.40 bits per heavy atom. The van der Waals surface area contributed by atoms with Crippen LogP contribution < -0.4 is 5.32 Å². The summed E-state index contributed by atoms with van der Waals surface area (Å²) in [6.45, 7) is 0. The number of hydrogen-bond donors (Lipinski definition) is 1. The summed E-state index contributed by atoms with van der Waals surface area (Å²) in [5.74, 6) is 0.582. The minimum atomic E-state index is 0.582. The van der Waals surface area contributed by atoms with Crippen molar-refractivity contribution in [3.8, 4) is 0 Å². The lowest BCUT2D eigenvalue weighted by molar-refractivity contribution is 0.655. The summed E-state index contributed by atoms with van der Waals surface area (Å²) in [6, 6.07) is 6.45. The predicted molar refractivity (Wildman–Crippen MR) is 69.4 cm³/mol. The Morgan fingerprint density at radius 2 is 2.27 bits per heavy atom. The molecule has 0 aliphatic heterocycles. The van der Waals surface area contributed by atoms with Crippen LogP contribution in [0, 0.1) is 0 Å². The normalized spacial score (nSPS) is 20.3. The van der Waals surface area contributed by atoms with Gasteiger partial charge >= 0.3 is 0 Å². The van der Waals surface area contributed by atoms with Crippen molar-refractivity contribution in [1.82, 2.24) is 0 Å². The van der Waals surface area contributed by atoms with Gasteiger partial charge in [-0.15, -0.1) is 0 Å². The second-order valence-corrected chi connectivity index (χ2v) is 4.86. The van der Waals surface area contributed by atoms with Gasteiger partial charge in [0, 0.05) is 23.1 Å². The van der Waals surface area contributed by atoms with Crippen molar-refractivity contribution in [3.63, 3.8) is 0 Å². The van der Waals surface area contributed by atoms with Gasteiger partial charge < -0.3 is 5.32 Å². The molecule has 1 N–H and O–H groups in total. The molecule has 0 amide bonds. The van der Waals surface area contributed by atoms with E-state index in [0.29, 0.717) is 5.92 Å². The van der Waals surface area contributed by atoms with E-state index in [1.165, 1.54) is 30.5 Å². The molecular formula is C13H16BrN. The van der Waals surface area contributed by atoms with Gasteiger partial charge in [0.1, 0.15) is 0 Å². The summed E-state index contributed by atoms with van der Waals surface area (Å²) in [7, 11) is 1.99. The topological polar surface area (TPSA) is 12.0 Å². The minimum absolute atomic E-state index is 0.582. The minimum Gasteiger partial charge on any atom is -0.388 e. The lowest BCUT2D eigenvalue weighted by Gasteiger charge is -2.20. The number of rotatable bonds is 2. The second-order valence-electron chi connectivity index (χ2n) is 3.95. The van der Waals surface area contributed by atoms with Crippen LogP contribution in [0.4, 0.5) is 5.69 Å². The molecule has 0 saturated heterocycles. The van der Waals surface area contributed by atoms with Gasteiger partial charge in [-0.2, -0.15) is 0 Å². The summed E-state index contributed by atoms with van der Waals surface area (Å²) in [6.07, 6.45) is 8.44. The van der Waals surface area contributed by atoms with E-state index in [0.717, 1.165) is 4.47 Å². The van der Waals surface area contributed by atoms with Crippen molar-refractivity contribution in [3.05, 3.63) is 40.4 Å². The molecule has 0 heterocycles. The van der Waals surface area contributed by atoms with Crippen LogP contribution in [-0.4, -0.2) is 7.05 Å². The van der Waals surface area contributed by atoms with Gasteiger partial charge in [-0.1, -0.05) is 28.1 Å². The van der Waals surface area contributed by atoms with Crippen LogP contribution in [0.1, 0.15) is 30.7 Å². The first kappa shape index (κ1) is 10.7. The highest BCUT2D eigenvalue weighted by Gasteiger charge is 2.14. The molecule has 1 atom stereocenters. The molecule has 2 rings (SSSR count). The molecule has 1 aliphatic carbocycles. The van der Waals surface area contributed by atoms with Gasteiger partial charge in [0.2, 0.25) is 0 Å².